The van der Waals surface area contributed by atoms with E-state index < -0.39 is 10.0 Å². The molecule has 8 nitrogen and oxygen atoms in total. The zero-order valence-corrected chi connectivity index (χ0v) is 14.7. The number of carbonyl (C=O) groups is 1. The minimum Gasteiger partial charge on any atom is -0.345 e. The molecule has 3 heterocycles. The maximum absolute atomic E-state index is 12.9. The van der Waals surface area contributed by atoms with Gasteiger partial charge in [-0.05, 0) is 36.5 Å². The largest absolute Gasteiger partial charge is 0.345 e. The lowest BCUT2D eigenvalue weighted by Gasteiger charge is -2.37. The molecule has 0 bridgehead atoms. The maximum Gasteiger partial charge on any atom is 0.323 e. The van der Waals surface area contributed by atoms with Crippen molar-refractivity contribution in [1.82, 2.24) is 19.2 Å². The number of nitrogens with zero attached hydrogens (tertiary/aromatic N) is 2. The van der Waals surface area contributed by atoms with Gasteiger partial charge in [-0.1, -0.05) is 0 Å². The zero-order valence-electron chi connectivity index (χ0n) is 13.9. The smallest absolute Gasteiger partial charge is 0.323 e. The third kappa shape index (κ3) is 2.67. The molecule has 134 valence electrons. The number of carbonyl (C=O) groups excluding carboxylic acids is 1. The summed E-state index contributed by atoms with van der Waals surface area (Å²) in [6, 6.07) is 4.59. The number of rotatable bonds is 2. The molecule has 0 aliphatic carbocycles. The number of amides is 1. The van der Waals surface area contributed by atoms with E-state index in [1.807, 2.05) is 0 Å². The summed E-state index contributed by atoms with van der Waals surface area (Å²) in [4.78, 5) is 30.3. The lowest BCUT2D eigenvalue weighted by atomic mass is 9.78. The van der Waals surface area contributed by atoms with Crippen molar-refractivity contribution < 1.29 is 13.2 Å². The van der Waals surface area contributed by atoms with Crippen LogP contribution in [0, 0.1) is 5.41 Å². The number of imidazole rings is 1. The van der Waals surface area contributed by atoms with Crippen LogP contribution >= 0.6 is 0 Å². The van der Waals surface area contributed by atoms with E-state index >= 15 is 0 Å². The normalized spacial score (nSPS) is 21.5. The van der Waals surface area contributed by atoms with Gasteiger partial charge in [0, 0.05) is 33.1 Å². The van der Waals surface area contributed by atoms with E-state index in [0.717, 1.165) is 0 Å². The van der Waals surface area contributed by atoms with Crippen molar-refractivity contribution in [3.63, 3.8) is 0 Å². The first-order chi connectivity index (χ1) is 11.8. The number of likely N-dealkylation sites (tertiary alicyclic amines) is 1. The minimum atomic E-state index is -3.62. The Morgan fingerprint density at radius 3 is 2.40 bits per heavy atom. The third-order valence-electron chi connectivity index (χ3n) is 5.43. The van der Waals surface area contributed by atoms with Crippen molar-refractivity contribution in [3.05, 3.63) is 28.7 Å². The highest BCUT2D eigenvalue weighted by Crippen LogP contribution is 2.41. The molecule has 2 aliphatic rings. The third-order valence-corrected chi connectivity index (χ3v) is 7.33. The Morgan fingerprint density at radius 1 is 1.08 bits per heavy atom. The summed E-state index contributed by atoms with van der Waals surface area (Å²) in [7, 11) is -1.82. The molecule has 0 radical (unpaired) electrons. The van der Waals surface area contributed by atoms with Gasteiger partial charge in [-0.2, -0.15) is 4.31 Å². The number of hydrogen-bond donors (Lipinski definition) is 2. The van der Waals surface area contributed by atoms with Crippen LogP contribution in [0.15, 0.2) is 27.9 Å². The molecule has 1 spiro atoms. The van der Waals surface area contributed by atoms with Crippen molar-refractivity contribution in [2.24, 2.45) is 5.41 Å². The summed E-state index contributed by atoms with van der Waals surface area (Å²) in [6.45, 7) is 1.52. The Kier molecular flexibility index (Phi) is 3.55. The summed E-state index contributed by atoms with van der Waals surface area (Å²) in [6.07, 6.45) is 1.88. The molecule has 2 aliphatic heterocycles. The lowest BCUT2D eigenvalue weighted by molar-refractivity contribution is -0.126. The van der Waals surface area contributed by atoms with E-state index in [-0.39, 0.29) is 21.9 Å². The second-order valence-corrected chi connectivity index (χ2v) is 9.06. The van der Waals surface area contributed by atoms with Crippen LogP contribution in [0.5, 0.6) is 0 Å². The van der Waals surface area contributed by atoms with E-state index in [1.165, 1.54) is 16.4 Å². The molecule has 1 aromatic heterocycles. The number of sulfonamides is 1. The van der Waals surface area contributed by atoms with Crippen LogP contribution in [0.2, 0.25) is 0 Å². The second kappa shape index (κ2) is 5.43. The average Bonchev–Trinajstić information content (AvgIpc) is 3.06. The first-order valence-corrected chi connectivity index (χ1v) is 9.69. The van der Waals surface area contributed by atoms with Gasteiger partial charge in [0.1, 0.15) is 0 Å². The standard InChI is InChI=1S/C16H20N4O4S/c1-19-10-16(9-14(19)21)4-6-20(7-5-16)25(23,24)11-2-3-12-13(8-11)18-15(22)17-12/h2-3,8H,4-7,9-10H2,1H3,(H2,17,18,22). The zero-order chi connectivity index (χ0) is 17.8. The molecular formula is C16H20N4O4S. The van der Waals surface area contributed by atoms with Gasteiger partial charge >= 0.3 is 5.69 Å². The number of H-pyrrole nitrogens is 2. The fraction of sp³-hybridized carbons (Fsp3) is 0.500. The Hall–Kier alpha value is -2.13. The number of aromatic nitrogens is 2. The van der Waals surface area contributed by atoms with Gasteiger partial charge in [0.2, 0.25) is 15.9 Å². The van der Waals surface area contributed by atoms with Gasteiger partial charge in [-0.15, -0.1) is 0 Å². The Bertz CT molecular complexity index is 999. The van der Waals surface area contributed by atoms with Crippen LogP contribution in [0.25, 0.3) is 11.0 Å². The van der Waals surface area contributed by atoms with E-state index in [9.17, 15) is 18.0 Å². The van der Waals surface area contributed by atoms with Crippen molar-refractivity contribution in [2.45, 2.75) is 24.2 Å². The highest BCUT2D eigenvalue weighted by atomic mass is 32.2. The van der Waals surface area contributed by atoms with E-state index in [1.54, 1.807) is 18.0 Å². The average molecular weight is 364 g/mol. The van der Waals surface area contributed by atoms with E-state index in [2.05, 4.69) is 9.97 Å². The summed E-state index contributed by atoms with van der Waals surface area (Å²) < 4.78 is 27.3. The van der Waals surface area contributed by atoms with Crippen molar-refractivity contribution in [2.75, 3.05) is 26.7 Å². The predicted octanol–water partition coefficient (Wildman–Crippen LogP) is 0.489. The fourth-order valence-electron chi connectivity index (χ4n) is 3.96. The molecule has 1 amide bonds. The number of nitrogens with one attached hydrogen (secondary N) is 2. The van der Waals surface area contributed by atoms with Crippen LogP contribution in [-0.4, -0.2) is 60.2 Å². The van der Waals surface area contributed by atoms with Gasteiger partial charge < -0.3 is 14.9 Å². The molecule has 25 heavy (non-hydrogen) atoms. The van der Waals surface area contributed by atoms with E-state index in [4.69, 9.17) is 0 Å². The molecule has 0 atom stereocenters. The highest BCUT2D eigenvalue weighted by Gasteiger charge is 2.45. The SMILES string of the molecule is CN1CC2(CCN(S(=O)(=O)c3ccc4[nH]c(=O)[nH]c4c3)CC2)CC1=O. The monoisotopic (exact) mass is 364 g/mol. The maximum atomic E-state index is 12.9. The number of piperidine rings is 1. The first-order valence-electron chi connectivity index (χ1n) is 8.25. The number of aromatic amines is 2. The number of fused-ring (bicyclic) bond motifs is 1. The molecule has 0 unspecified atom stereocenters. The molecule has 2 saturated heterocycles. The summed E-state index contributed by atoms with van der Waals surface area (Å²) in [5.41, 5.74) is 0.601. The molecule has 4 rings (SSSR count). The topological polar surface area (TPSA) is 106 Å². The van der Waals surface area contributed by atoms with Crippen LogP contribution in [0.1, 0.15) is 19.3 Å². The summed E-state index contributed by atoms with van der Waals surface area (Å²) in [5, 5.41) is 0. The molecular weight excluding hydrogens is 344 g/mol. The first kappa shape index (κ1) is 16.3. The van der Waals surface area contributed by atoms with Crippen molar-refractivity contribution in [3.8, 4) is 0 Å². The summed E-state index contributed by atoms with van der Waals surface area (Å²) >= 11 is 0. The quantitative estimate of drug-likeness (QED) is 0.809. The van der Waals surface area contributed by atoms with Gasteiger partial charge in [0.15, 0.2) is 0 Å². The van der Waals surface area contributed by atoms with Gasteiger partial charge in [0.05, 0.1) is 15.9 Å². The van der Waals surface area contributed by atoms with Crippen LogP contribution in [0.4, 0.5) is 0 Å². The second-order valence-electron chi connectivity index (χ2n) is 7.12. The van der Waals surface area contributed by atoms with Crippen LogP contribution in [-0.2, 0) is 14.8 Å². The summed E-state index contributed by atoms with van der Waals surface area (Å²) in [5.74, 6) is 0.137. The Morgan fingerprint density at radius 2 is 1.76 bits per heavy atom. The Labute approximate surface area is 144 Å². The number of hydrogen-bond acceptors (Lipinski definition) is 4. The molecule has 0 saturated carbocycles. The number of benzene rings is 1. The van der Waals surface area contributed by atoms with Gasteiger partial charge in [-0.25, -0.2) is 13.2 Å². The van der Waals surface area contributed by atoms with Gasteiger partial charge in [-0.3, -0.25) is 4.79 Å². The van der Waals surface area contributed by atoms with Gasteiger partial charge in [0.25, 0.3) is 0 Å². The van der Waals surface area contributed by atoms with Crippen LogP contribution < -0.4 is 5.69 Å². The predicted molar refractivity (Wildman–Crippen MR) is 91.6 cm³/mol. The molecule has 1 aromatic carbocycles. The Balaban J connectivity index is 1.56. The fourth-order valence-corrected chi connectivity index (χ4v) is 5.43. The molecule has 2 N–H and O–H groups in total. The lowest BCUT2D eigenvalue weighted by Crippen LogP contribution is -2.44. The molecule has 2 fully saturated rings. The molecule has 2 aromatic rings. The minimum absolute atomic E-state index is 0.0896. The van der Waals surface area contributed by atoms with Crippen molar-refractivity contribution in [1.29, 1.82) is 0 Å². The van der Waals surface area contributed by atoms with Crippen LogP contribution in [0.3, 0.4) is 0 Å². The van der Waals surface area contributed by atoms with E-state index in [0.29, 0.717) is 49.9 Å². The highest BCUT2D eigenvalue weighted by molar-refractivity contribution is 7.89. The van der Waals surface area contributed by atoms with Crippen molar-refractivity contribution >= 4 is 27.0 Å². The molecule has 9 heteroatoms.